The molecule has 2 rings (SSSR count). The van der Waals surface area contributed by atoms with Gasteiger partial charge in [-0.3, -0.25) is 0 Å². The summed E-state index contributed by atoms with van der Waals surface area (Å²) in [5, 5.41) is 10.2. The largest absolute Gasteiger partial charge is 0.493 e. The molecule has 0 aliphatic carbocycles. The topological polar surface area (TPSA) is 57.2 Å². The van der Waals surface area contributed by atoms with Crippen molar-refractivity contribution in [1.82, 2.24) is 0 Å². The van der Waals surface area contributed by atoms with E-state index in [1.165, 1.54) is 0 Å². The van der Waals surface area contributed by atoms with Crippen LogP contribution in [0.25, 0.3) is 0 Å². The molecule has 1 saturated heterocycles. The Labute approximate surface area is 119 Å². The lowest BCUT2D eigenvalue weighted by molar-refractivity contribution is -0.183. The van der Waals surface area contributed by atoms with Crippen LogP contribution in [0.3, 0.4) is 0 Å². The first-order valence-electron chi connectivity index (χ1n) is 6.87. The van der Waals surface area contributed by atoms with Crippen molar-refractivity contribution in [3.05, 3.63) is 23.8 Å². The highest BCUT2D eigenvalue weighted by Crippen LogP contribution is 2.31. The maximum atomic E-state index is 10.2. The molecular weight excluding hydrogens is 260 g/mol. The van der Waals surface area contributed by atoms with E-state index in [1.54, 1.807) is 26.4 Å². The molecule has 0 spiro atoms. The molecule has 1 N–H and O–H groups in total. The van der Waals surface area contributed by atoms with Gasteiger partial charge in [-0.1, -0.05) is 6.07 Å². The lowest BCUT2D eigenvalue weighted by Gasteiger charge is -2.24. The number of benzene rings is 1. The third-order valence-electron chi connectivity index (χ3n) is 3.36. The quantitative estimate of drug-likeness (QED) is 0.867. The summed E-state index contributed by atoms with van der Waals surface area (Å²) >= 11 is 0. The minimum absolute atomic E-state index is 0.196. The van der Waals surface area contributed by atoms with Crippen LogP contribution < -0.4 is 9.47 Å². The number of aliphatic hydroxyl groups excluding tert-OH is 1. The summed E-state index contributed by atoms with van der Waals surface area (Å²) in [7, 11) is 3.17. The Morgan fingerprint density at radius 2 is 1.90 bits per heavy atom. The van der Waals surface area contributed by atoms with Gasteiger partial charge < -0.3 is 24.1 Å². The standard InChI is InChI=1S/C15H22O5/c1-17-13-6-4-11(10-14(13)18-2)12(16)5-7-15-19-8-3-9-20-15/h4,6,10,12,15-16H,3,5,7-9H2,1-2H3/t12-/m1/s1. The zero-order valence-corrected chi connectivity index (χ0v) is 12.0. The molecule has 0 radical (unpaired) electrons. The van der Waals surface area contributed by atoms with Crippen LogP contribution in [-0.4, -0.2) is 38.8 Å². The van der Waals surface area contributed by atoms with E-state index in [0.717, 1.165) is 25.2 Å². The Bertz CT molecular complexity index is 415. The van der Waals surface area contributed by atoms with E-state index in [9.17, 15) is 5.11 Å². The minimum Gasteiger partial charge on any atom is -0.493 e. The van der Waals surface area contributed by atoms with Crippen LogP contribution in [0, 0.1) is 0 Å². The van der Waals surface area contributed by atoms with E-state index in [0.29, 0.717) is 24.3 Å². The van der Waals surface area contributed by atoms with Gasteiger partial charge in [0.2, 0.25) is 0 Å². The fourth-order valence-electron chi connectivity index (χ4n) is 2.22. The number of rotatable bonds is 6. The Hall–Kier alpha value is -1.30. The molecule has 0 unspecified atom stereocenters. The molecular formula is C15H22O5. The summed E-state index contributed by atoms with van der Waals surface area (Å²) < 4.78 is 21.4. The summed E-state index contributed by atoms with van der Waals surface area (Å²) in [4.78, 5) is 0. The van der Waals surface area contributed by atoms with E-state index in [2.05, 4.69) is 0 Å². The summed E-state index contributed by atoms with van der Waals surface area (Å²) in [6.45, 7) is 1.47. The van der Waals surface area contributed by atoms with Gasteiger partial charge in [-0.05, 0) is 30.5 Å². The third-order valence-corrected chi connectivity index (χ3v) is 3.36. The second kappa shape index (κ2) is 7.47. The summed E-state index contributed by atoms with van der Waals surface area (Å²) in [5.74, 6) is 1.27. The van der Waals surface area contributed by atoms with Crippen molar-refractivity contribution >= 4 is 0 Å². The molecule has 0 saturated carbocycles. The van der Waals surface area contributed by atoms with Crippen molar-refractivity contribution in [2.45, 2.75) is 31.7 Å². The van der Waals surface area contributed by atoms with Crippen molar-refractivity contribution < 1.29 is 24.1 Å². The molecule has 0 amide bonds. The zero-order chi connectivity index (χ0) is 14.4. The third kappa shape index (κ3) is 3.85. The first-order chi connectivity index (χ1) is 9.74. The first-order valence-corrected chi connectivity index (χ1v) is 6.87. The highest BCUT2D eigenvalue weighted by atomic mass is 16.7. The average Bonchev–Trinajstić information content (AvgIpc) is 2.52. The van der Waals surface area contributed by atoms with Gasteiger partial charge >= 0.3 is 0 Å². The van der Waals surface area contributed by atoms with Gasteiger partial charge in [0.25, 0.3) is 0 Å². The molecule has 1 heterocycles. The van der Waals surface area contributed by atoms with E-state index in [1.807, 2.05) is 6.07 Å². The second-order valence-corrected chi connectivity index (χ2v) is 4.73. The van der Waals surface area contributed by atoms with Crippen LogP contribution in [0.2, 0.25) is 0 Å². The highest BCUT2D eigenvalue weighted by molar-refractivity contribution is 5.43. The molecule has 20 heavy (non-hydrogen) atoms. The fourth-order valence-corrected chi connectivity index (χ4v) is 2.22. The fraction of sp³-hybridized carbons (Fsp3) is 0.600. The van der Waals surface area contributed by atoms with Gasteiger partial charge in [0.1, 0.15) is 0 Å². The molecule has 1 aliphatic heterocycles. The molecule has 5 nitrogen and oxygen atoms in total. The molecule has 1 atom stereocenters. The molecule has 112 valence electrons. The predicted molar refractivity (Wildman–Crippen MR) is 74.0 cm³/mol. The van der Waals surface area contributed by atoms with E-state index >= 15 is 0 Å². The normalized spacial score (nSPS) is 17.8. The van der Waals surface area contributed by atoms with Crippen LogP contribution in [0.15, 0.2) is 18.2 Å². The van der Waals surface area contributed by atoms with Gasteiger partial charge in [-0.25, -0.2) is 0 Å². The lowest BCUT2D eigenvalue weighted by Crippen LogP contribution is -2.25. The average molecular weight is 282 g/mol. The summed E-state index contributed by atoms with van der Waals surface area (Å²) in [6, 6.07) is 5.44. The first kappa shape index (κ1) is 15.1. The van der Waals surface area contributed by atoms with Crippen LogP contribution in [0.5, 0.6) is 11.5 Å². The molecule has 1 aliphatic rings. The summed E-state index contributed by atoms with van der Waals surface area (Å²) in [6.07, 6.45) is 1.44. The lowest BCUT2D eigenvalue weighted by atomic mass is 10.0. The highest BCUT2D eigenvalue weighted by Gasteiger charge is 2.17. The Balaban J connectivity index is 1.92. The number of methoxy groups -OCH3 is 2. The van der Waals surface area contributed by atoms with Gasteiger partial charge in [-0.15, -0.1) is 0 Å². The molecule has 0 bridgehead atoms. The number of aliphatic hydroxyl groups is 1. The van der Waals surface area contributed by atoms with Gasteiger partial charge in [0.05, 0.1) is 33.5 Å². The Morgan fingerprint density at radius 3 is 2.55 bits per heavy atom. The summed E-state index contributed by atoms with van der Waals surface area (Å²) in [5.41, 5.74) is 0.804. The van der Waals surface area contributed by atoms with E-state index in [4.69, 9.17) is 18.9 Å². The number of ether oxygens (including phenoxy) is 4. The van der Waals surface area contributed by atoms with E-state index in [-0.39, 0.29) is 6.29 Å². The van der Waals surface area contributed by atoms with Gasteiger partial charge in [-0.2, -0.15) is 0 Å². The zero-order valence-electron chi connectivity index (χ0n) is 12.0. The maximum absolute atomic E-state index is 10.2. The predicted octanol–water partition coefficient (Wildman–Crippen LogP) is 2.28. The van der Waals surface area contributed by atoms with E-state index < -0.39 is 6.10 Å². The van der Waals surface area contributed by atoms with Crippen LogP contribution in [0.4, 0.5) is 0 Å². The van der Waals surface area contributed by atoms with Crippen LogP contribution in [0.1, 0.15) is 30.9 Å². The van der Waals surface area contributed by atoms with Crippen LogP contribution in [-0.2, 0) is 9.47 Å². The van der Waals surface area contributed by atoms with Crippen molar-refractivity contribution in [2.24, 2.45) is 0 Å². The number of hydrogen-bond donors (Lipinski definition) is 1. The SMILES string of the molecule is COc1ccc([C@H](O)CCC2OCCCO2)cc1OC. The molecule has 5 heteroatoms. The molecule has 0 aromatic heterocycles. The van der Waals surface area contributed by atoms with Gasteiger partial charge in [0, 0.05) is 6.42 Å². The smallest absolute Gasteiger partial charge is 0.161 e. The van der Waals surface area contributed by atoms with Crippen molar-refractivity contribution in [3.63, 3.8) is 0 Å². The van der Waals surface area contributed by atoms with Gasteiger partial charge in [0.15, 0.2) is 17.8 Å². The second-order valence-electron chi connectivity index (χ2n) is 4.73. The maximum Gasteiger partial charge on any atom is 0.161 e. The molecule has 1 aromatic rings. The monoisotopic (exact) mass is 282 g/mol. The Morgan fingerprint density at radius 1 is 1.20 bits per heavy atom. The Kier molecular flexibility index (Phi) is 5.64. The minimum atomic E-state index is -0.566. The molecule has 1 aromatic carbocycles. The molecule has 1 fully saturated rings. The van der Waals surface area contributed by atoms with Crippen molar-refractivity contribution in [3.8, 4) is 11.5 Å². The van der Waals surface area contributed by atoms with Crippen molar-refractivity contribution in [2.75, 3.05) is 27.4 Å². The number of hydrogen-bond acceptors (Lipinski definition) is 5. The van der Waals surface area contributed by atoms with Crippen LogP contribution >= 0.6 is 0 Å². The van der Waals surface area contributed by atoms with Crippen molar-refractivity contribution in [1.29, 1.82) is 0 Å².